The van der Waals surface area contributed by atoms with Gasteiger partial charge in [0.25, 0.3) is 0 Å². The molecular weight excluding hydrogens is 150 g/mol. The zero-order valence-electron chi connectivity index (χ0n) is 7.20. The van der Waals surface area contributed by atoms with E-state index in [2.05, 4.69) is 18.2 Å². The third-order valence-electron chi connectivity index (χ3n) is 2.55. The van der Waals surface area contributed by atoms with Crippen LogP contribution in [0.4, 0.5) is 0 Å². The fourth-order valence-corrected chi connectivity index (χ4v) is 1.92. The average molecular weight is 163 g/mol. The Bertz CT molecular complexity index is 283. The third kappa shape index (κ3) is 1.13. The number of fused-ring (bicyclic) bond motifs is 1. The summed E-state index contributed by atoms with van der Waals surface area (Å²) in [4.78, 5) is 0. The molecular formula is C10H13NO+. The maximum absolute atomic E-state index is 9.33. The average Bonchev–Trinajstić information content (AvgIpc) is 2.47. The second-order valence-electron chi connectivity index (χ2n) is 3.33. The van der Waals surface area contributed by atoms with Gasteiger partial charge in [-0.1, -0.05) is 24.3 Å². The van der Waals surface area contributed by atoms with Crippen molar-refractivity contribution in [2.45, 2.75) is 18.9 Å². The number of hydroxylamine groups is 2. The Balaban J connectivity index is 2.36. The highest BCUT2D eigenvalue weighted by Gasteiger charge is 2.32. The zero-order valence-corrected chi connectivity index (χ0v) is 7.20. The summed E-state index contributed by atoms with van der Waals surface area (Å²) in [6, 6.07) is 8.53. The molecule has 1 N–H and O–H groups in total. The van der Waals surface area contributed by atoms with E-state index in [0.29, 0.717) is 0 Å². The smallest absolute Gasteiger partial charge is 0.162 e. The van der Waals surface area contributed by atoms with Crippen LogP contribution in [-0.4, -0.2) is 12.3 Å². The molecule has 0 bridgehead atoms. The van der Waals surface area contributed by atoms with Crippen LogP contribution in [0.1, 0.15) is 23.6 Å². The molecule has 0 spiro atoms. The van der Waals surface area contributed by atoms with Gasteiger partial charge in [0.1, 0.15) is 0 Å². The number of nitrogens with zero attached hydrogens (tertiary/aromatic N) is 1. The van der Waals surface area contributed by atoms with Gasteiger partial charge in [-0.25, -0.2) is 0 Å². The van der Waals surface area contributed by atoms with Gasteiger partial charge >= 0.3 is 0 Å². The van der Waals surface area contributed by atoms with Crippen molar-refractivity contribution in [3.63, 3.8) is 0 Å². The summed E-state index contributed by atoms with van der Waals surface area (Å²) >= 11 is 0. The molecule has 0 saturated carbocycles. The standard InChI is InChI=1S/C10H13NO/c1-11(12)10-7-6-8-4-2-3-5-9(8)10/h2-5,10,12H,6-7H2,1H3/q+1/t10-/m0/s1. The molecule has 1 radical (unpaired) electrons. The topological polar surface area (TPSA) is 26.1 Å². The molecule has 0 fully saturated rings. The molecule has 1 aromatic carbocycles. The fourth-order valence-electron chi connectivity index (χ4n) is 1.92. The number of aryl methyl sites for hydroxylation is 1. The maximum Gasteiger partial charge on any atom is 0.195 e. The van der Waals surface area contributed by atoms with E-state index in [1.807, 2.05) is 6.07 Å². The van der Waals surface area contributed by atoms with Gasteiger partial charge in [0.15, 0.2) is 13.1 Å². The van der Waals surface area contributed by atoms with Crippen molar-refractivity contribution < 1.29 is 5.21 Å². The van der Waals surface area contributed by atoms with Crippen molar-refractivity contribution in [3.8, 4) is 0 Å². The lowest BCUT2D eigenvalue weighted by atomic mass is 10.1. The Morgan fingerprint density at radius 3 is 2.92 bits per heavy atom. The molecule has 0 aromatic heterocycles. The minimum Gasteiger partial charge on any atom is -0.162 e. The van der Waals surface area contributed by atoms with Crippen molar-refractivity contribution in [1.29, 1.82) is 0 Å². The van der Waals surface area contributed by atoms with Gasteiger partial charge in [0.05, 0.1) is 0 Å². The highest BCUT2D eigenvalue weighted by Crippen LogP contribution is 2.32. The van der Waals surface area contributed by atoms with Gasteiger partial charge < -0.3 is 0 Å². The molecule has 0 unspecified atom stereocenters. The van der Waals surface area contributed by atoms with Crippen LogP contribution in [0.2, 0.25) is 0 Å². The third-order valence-corrected chi connectivity index (χ3v) is 2.55. The monoisotopic (exact) mass is 163 g/mol. The Morgan fingerprint density at radius 1 is 1.42 bits per heavy atom. The maximum atomic E-state index is 9.33. The van der Waals surface area contributed by atoms with Crippen molar-refractivity contribution in [2.75, 3.05) is 7.05 Å². The number of hydrogen-bond acceptors (Lipinski definition) is 2. The molecule has 1 aliphatic rings. The van der Waals surface area contributed by atoms with Gasteiger partial charge in [-0.05, 0) is 17.0 Å². The van der Waals surface area contributed by atoms with E-state index >= 15 is 0 Å². The Kier molecular flexibility index (Phi) is 1.87. The highest BCUT2D eigenvalue weighted by atomic mass is 16.5. The fraction of sp³-hybridized carbons (Fsp3) is 0.400. The summed E-state index contributed by atoms with van der Waals surface area (Å²) in [5.41, 5.74) is 2.66. The molecule has 0 amide bonds. The summed E-state index contributed by atoms with van der Waals surface area (Å²) in [6.07, 6.45) is 2.12. The molecule has 0 aliphatic heterocycles. The van der Waals surface area contributed by atoms with Crippen LogP contribution in [0.3, 0.4) is 0 Å². The zero-order chi connectivity index (χ0) is 8.55. The predicted octanol–water partition coefficient (Wildman–Crippen LogP) is 1.83. The van der Waals surface area contributed by atoms with Crippen molar-refractivity contribution in [2.24, 2.45) is 0 Å². The molecule has 1 aromatic rings. The van der Waals surface area contributed by atoms with Crippen molar-refractivity contribution >= 4 is 0 Å². The number of rotatable bonds is 1. The minimum atomic E-state index is 0.209. The predicted molar refractivity (Wildman–Crippen MR) is 47.3 cm³/mol. The molecule has 2 rings (SSSR count). The van der Waals surface area contributed by atoms with E-state index in [-0.39, 0.29) is 6.04 Å². The first-order valence-electron chi connectivity index (χ1n) is 4.28. The van der Waals surface area contributed by atoms with Gasteiger partial charge in [0, 0.05) is 12.0 Å². The van der Waals surface area contributed by atoms with Crippen LogP contribution in [-0.2, 0) is 6.42 Å². The van der Waals surface area contributed by atoms with Gasteiger partial charge in [0.2, 0.25) is 0 Å². The first-order chi connectivity index (χ1) is 5.79. The Hall–Kier alpha value is -0.860. The van der Waals surface area contributed by atoms with Crippen molar-refractivity contribution in [3.05, 3.63) is 35.4 Å². The number of benzene rings is 1. The van der Waals surface area contributed by atoms with Crippen molar-refractivity contribution in [1.82, 2.24) is 5.06 Å². The second kappa shape index (κ2) is 2.88. The van der Waals surface area contributed by atoms with E-state index in [4.69, 9.17) is 0 Å². The van der Waals surface area contributed by atoms with Gasteiger partial charge in [-0.3, -0.25) is 0 Å². The van der Waals surface area contributed by atoms with E-state index < -0.39 is 0 Å². The Morgan fingerprint density at radius 2 is 2.17 bits per heavy atom. The first-order valence-corrected chi connectivity index (χ1v) is 4.28. The minimum absolute atomic E-state index is 0.209. The summed E-state index contributed by atoms with van der Waals surface area (Å²) < 4.78 is 0. The van der Waals surface area contributed by atoms with E-state index in [1.165, 1.54) is 16.2 Å². The largest absolute Gasteiger partial charge is 0.195 e. The van der Waals surface area contributed by atoms with Crippen LogP contribution in [0.25, 0.3) is 0 Å². The first kappa shape index (κ1) is 7.77. The van der Waals surface area contributed by atoms with E-state index in [1.54, 1.807) is 7.05 Å². The van der Waals surface area contributed by atoms with E-state index in [9.17, 15) is 5.21 Å². The summed E-state index contributed by atoms with van der Waals surface area (Å²) in [5.74, 6) is 0. The summed E-state index contributed by atoms with van der Waals surface area (Å²) in [7, 11) is 1.72. The van der Waals surface area contributed by atoms with E-state index in [0.717, 1.165) is 12.8 Å². The molecule has 2 heteroatoms. The summed E-state index contributed by atoms with van der Waals surface area (Å²) in [6.45, 7) is 0. The molecule has 2 nitrogen and oxygen atoms in total. The van der Waals surface area contributed by atoms with Crippen LogP contribution < -0.4 is 5.06 Å². The molecule has 0 saturated heterocycles. The lowest BCUT2D eigenvalue weighted by Gasteiger charge is -2.06. The molecule has 63 valence electrons. The SMILES string of the molecule is C[N+](O)[C@H]1CCc2ccccc21. The van der Waals surface area contributed by atoms with Crippen LogP contribution in [0.15, 0.2) is 24.3 Å². The Labute approximate surface area is 72.4 Å². The lowest BCUT2D eigenvalue weighted by molar-refractivity contribution is 0.00141. The highest BCUT2D eigenvalue weighted by molar-refractivity contribution is 5.34. The second-order valence-corrected chi connectivity index (χ2v) is 3.33. The van der Waals surface area contributed by atoms with Gasteiger partial charge in [-0.2, -0.15) is 5.21 Å². The quantitative estimate of drug-likeness (QED) is 0.496. The molecule has 1 atom stereocenters. The molecule has 1 aliphatic carbocycles. The number of hydrogen-bond donors (Lipinski definition) is 1. The lowest BCUT2D eigenvalue weighted by Crippen LogP contribution is -2.24. The van der Waals surface area contributed by atoms with Crippen LogP contribution in [0.5, 0.6) is 0 Å². The van der Waals surface area contributed by atoms with Gasteiger partial charge in [-0.15, -0.1) is 0 Å². The normalized spacial score (nSPS) is 21.4. The molecule has 0 heterocycles. The summed E-state index contributed by atoms with van der Waals surface area (Å²) in [5, 5.41) is 10.6. The molecule has 12 heavy (non-hydrogen) atoms. The van der Waals surface area contributed by atoms with Crippen LogP contribution >= 0.6 is 0 Å². The van der Waals surface area contributed by atoms with Crippen LogP contribution in [0, 0.1) is 0 Å².